The van der Waals surface area contributed by atoms with E-state index >= 15 is 0 Å². The monoisotopic (exact) mass is 257 g/mol. The molecule has 1 aromatic heterocycles. The number of halogens is 3. The maximum atomic E-state index is 12.2. The molecular formula is C7H6ClF2NO3S. The Balaban J connectivity index is 3.39. The number of hydrogen-bond acceptors (Lipinski definition) is 4. The van der Waals surface area contributed by atoms with E-state index in [1.54, 1.807) is 0 Å². The molecule has 1 heterocycles. The summed E-state index contributed by atoms with van der Waals surface area (Å²) in [6.07, 6.45) is -1.98. The summed E-state index contributed by atoms with van der Waals surface area (Å²) in [4.78, 5) is 2.81. The maximum Gasteiger partial charge on any atom is 0.280 e. The fourth-order valence-corrected chi connectivity index (χ4v) is 1.90. The molecule has 0 fully saturated rings. The number of aromatic nitrogens is 1. The van der Waals surface area contributed by atoms with Crippen molar-refractivity contribution in [2.75, 3.05) is 7.11 Å². The first-order valence-electron chi connectivity index (χ1n) is 3.63. The molecule has 0 saturated carbocycles. The lowest BCUT2D eigenvalue weighted by Crippen LogP contribution is -2.00. The molecule has 0 aliphatic heterocycles. The summed E-state index contributed by atoms with van der Waals surface area (Å²) in [6.45, 7) is 0. The van der Waals surface area contributed by atoms with Gasteiger partial charge in [-0.25, -0.2) is 17.2 Å². The minimum absolute atomic E-state index is 0.172. The molecule has 0 spiro atoms. The Kier molecular flexibility index (Phi) is 3.46. The minimum atomic E-state index is -4.13. The molecule has 0 N–H and O–H groups in total. The Morgan fingerprint density at radius 2 is 2.13 bits per heavy atom. The molecule has 0 amide bonds. The van der Waals surface area contributed by atoms with Crippen molar-refractivity contribution in [1.29, 1.82) is 0 Å². The number of alkyl halides is 2. The molecule has 0 unspecified atom stereocenters. The highest BCUT2D eigenvalue weighted by atomic mass is 35.7. The van der Waals surface area contributed by atoms with Crippen LogP contribution in [0.2, 0.25) is 0 Å². The molecular weight excluding hydrogens is 252 g/mol. The fourth-order valence-electron chi connectivity index (χ4n) is 0.903. The van der Waals surface area contributed by atoms with E-state index in [9.17, 15) is 17.2 Å². The number of nitrogens with zero attached hydrogens (tertiary/aromatic N) is 1. The van der Waals surface area contributed by atoms with E-state index in [0.717, 1.165) is 6.20 Å². The van der Waals surface area contributed by atoms with Crippen LogP contribution in [0.15, 0.2) is 17.2 Å². The largest absolute Gasteiger partial charge is 0.494 e. The van der Waals surface area contributed by atoms with E-state index in [0.29, 0.717) is 6.07 Å². The predicted molar refractivity (Wildman–Crippen MR) is 48.8 cm³/mol. The summed E-state index contributed by atoms with van der Waals surface area (Å²) < 4.78 is 51.1. The Morgan fingerprint density at radius 3 is 2.53 bits per heavy atom. The molecule has 1 rings (SSSR count). The van der Waals surface area contributed by atoms with Crippen molar-refractivity contribution in [2.24, 2.45) is 0 Å². The number of ether oxygens (including phenoxy) is 1. The lowest BCUT2D eigenvalue weighted by molar-refractivity contribution is 0.145. The first-order chi connectivity index (χ1) is 6.86. The summed E-state index contributed by atoms with van der Waals surface area (Å²) >= 11 is 0. The number of pyridine rings is 1. The number of methoxy groups -OCH3 is 1. The Hall–Kier alpha value is -0.950. The van der Waals surface area contributed by atoms with E-state index in [-0.39, 0.29) is 5.75 Å². The van der Waals surface area contributed by atoms with Gasteiger partial charge in [0.25, 0.3) is 15.5 Å². The highest BCUT2D eigenvalue weighted by Crippen LogP contribution is 2.29. The zero-order valence-corrected chi connectivity index (χ0v) is 9.02. The van der Waals surface area contributed by atoms with Gasteiger partial charge in [0.2, 0.25) is 0 Å². The second-order valence-corrected chi connectivity index (χ2v) is 5.03. The van der Waals surface area contributed by atoms with Crippen LogP contribution in [0.4, 0.5) is 8.78 Å². The van der Waals surface area contributed by atoms with E-state index < -0.39 is 26.1 Å². The fraction of sp³-hybridized carbons (Fsp3) is 0.286. The second kappa shape index (κ2) is 4.28. The third kappa shape index (κ3) is 2.75. The van der Waals surface area contributed by atoms with Gasteiger partial charge in [-0.15, -0.1) is 0 Å². The van der Waals surface area contributed by atoms with Crippen molar-refractivity contribution in [3.05, 3.63) is 18.0 Å². The molecule has 0 saturated heterocycles. The van der Waals surface area contributed by atoms with Crippen LogP contribution in [0.25, 0.3) is 0 Å². The molecule has 84 valence electrons. The predicted octanol–water partition coefficient (Wildman–Crippen LogP) is 1.96. The minimum Gasteiger partial charge on any atom is -0.494 e. The molecule has 0 aliphatic rings. The summed E-state index contributed by atoms with van der Waals surface area (Å²) in [5.41, 5.74) is -0.671. The van der Waals surface area contributed by atoms with Gasteiger partial charge >= 0.3 is 0 Å². The quantitative estimate of drug-likeness (QED) is 0.777. The van der Waals surface area contributed by atoms with Crippen molar-refractivity contribution in [2.45, 2.75) is 11.3 Å². The van der Waals surface area contributed by atoms with Gasteiger partial charge in [-0.1, -0.05) is 0 Å². The normalized spacial score (nSPS) is 11.8. The van der Waals surface area contributed by atoms with Crippen LogP contribution in [0.3, 0.4) is 0 Å². The third-order valence-corrected chi connectivity index (χ3v) is 2.90. The van der Waals surface area contributed by atoms with Crippen molar-refractivity contribution >= 4 is 19.7 Å². The van der Waals surface area contributed by atoms with Gasteiger partial charge in [-0.2, -0.15) is 0 Å². The summed E-state index contributed by atoms with van der Waals surface area (Å²) in [5.74, 6) is -0.172. The first-order valence-corrected chi connectivity index (χ1v) is 5.94. The summed E-state index contributed by atoms with van der Waals surface area (Å²) in [6, 6.07) is 0.686. The Labute approximate surface area is 89.3 Å². The Bertz CT molecular complexity index is 463. The maximum absolute atomic E-state index is 12.2. The molecule has 1 aromatic rings. The molecule has 0 aliphatic carbocycles. The number of hydrogen-bond donors (Lipinski definition) is 0. The van der Waals surface area contributed by atoms with Gasteiger partial charge in [0.1, 0.15) is 10.6 Å². The molecule has 4 nitrogen and oxygen atoms in total. The Morgan fingerprint density at radius 1 is 1.53 bits per heavy atom. The van der Waals surface area contributed by atoms with Crippen molar-refractivity contribution in [3.8, 4) is 5.75 Å². The van der Waals surface area contributed by atoms with Gasteiger partial charge in [0.15, 0.2) is 5.75 Å². The molecule has 15 heavy (non-hydrogen) atoms. The van der Waals surface area contributed by atoms with Gasteiger partial charge in [-0.05, 0) is 6.07 Å². The van der Waals surface area contributed by atoms with Crippen molar-refractivity contribution < 1.29 is 21.9 Å². The average Bonchev–Trinajstić information content (AvgIpc) is 2.15. The molecule has 0 bridgehead atoms. The number of rotatable bonds is 3. The highest BCUT2D eigenvalue weighted by Gasteiger charge is 2.20. The smallest absolute Gasteiger partial charge is 0.280 e. The van der Waals surface area contributed by atoms with E-state index in [1.807, 2.05) is 0 Å². The van der Waals surface area contributed by atoms with Crippen molar-refractivity contribution in [3.63, 3.8) is 0 Å². The van der Waals surface area contributed by atoms with Crippen molar-refractivity contribution in [1.82, 2.24) is 4.98 Å². The second-order valence-electron chi connectivity index (χ2n) is 2.50. The van der Waals surface area contributed by atoms with Gasteiger partial charge in [-0.3, -0.25) is 4.98 Å². The molecule has 0 radical (unpaired) electrons. The SMILES string of the molecule is COc1cnc(C(F)F)cc1S(=O)(=O)Cl. The van der Waals surface area contributed by atoms with Crippen LogP contribution in [-0.4, -0.2) is 20.5 Å². The molecule has 0 aromatic carbocycles. The van der Waals surface area contributed by atoms with E-state index in [4.69, 9.17) is 10.7 Å². The summed E-state index contributed by atoms with van der Waals surface area (Å²) in [5, 5.41) is 0. The zero-order chi connectivity index (χ0) is 11.6. The van der Waals surface area contributed by atoms with Gasteiger partial charge < -0.3 is 4.74 Å². The topological polar surface area (TPSA) is 56.3 Å². The van der Waals surface area contributed by atoms with Crippen LogP contribution in [-0.2, 0) is 9.05 Å². The third-order valence-electron chi connectivity index (χ3n) is 1.56. The highest BCUT2D eigenvalue weighted by molar-refractivity contribution is 8.13. The van der Waals surface area contributed by atoms with Gasteiger partial charge in [0.05, 0.1) is 13.3 Å². The lowest BCUT2D eigenvalue weighted by Gasteiger charge is -2.06. The average molecular weight is 258 g/mol. The van der Waals surface area contributed by atoms with Crippen LogP contribution < -0.4 is 4.74 Å². The first kappa shape index (κ1) is 12.1. The molecule has 8 heteroatoms. The summed E-state index contributed by atoms with van der Waals surface area (Å²) in [7, 11) is 2.10. The van der Waals surface area contributed by atoms with Crippen LogP contribution in [0.1, 0.15) is 12.1 Å². The molecule has 0 atom stereocenters. The van der Waals surface area contributed by atoms with Crippen LogP contribution in [0, 0.1) is 0 Å². The lowest BCUT2D eigenvalue weighted by atomic mass is 10.3. The van der Waals surface area contributed by atoms with Crippen LogP contribution in [0.5, 0.6) is 5.75 Å². The standard InChI is InChI=1S/C7H6ClF2NO3S/c1-14-5-3-11-4(7(9)10)2-6(5)15(8,12)13/h2-3,7H,1H3. The van der Waals surface area contributed by atoms with Crippen LogP contribution >= 0.6 is 10.7 Å². The van der Waals surface area contributed by atoms with E-state index in [2.05, 4.69) is 9.72 Å². The van der Waals surface area contributed by atoms with Gasteiger partial charge in [0, 0.05) is 10.7 Å². The van der Waals surface area contributed by atoms with E-state index in [1.165, 1.54) is 7.11 Å². The zero-order valence-electron chi connectivity index (χ0n) is 7.45.